The molecule has 0 atom stereocenters. The molecular formula is C16H16BrNO3. The largest absolute Gasteiger partial charge is 0.493 e. The van der Waals surface area contributed by atoms with Crippen molar-refractivity contribution in [3.05, 3.63) is 45.9 Å². The highest BCUT2D eigenvalue weighted by atomic mass is 79.9. The molecule has 0 radical (unpaired) electrons. The summed E-state index contributed by atoms with van der Waals surface area (Å²) in [6, 6.07) is 10.1. The first-order valence-electron chi connectivity index (χ1n) is 6.64. The topological polar surface area (TPSA) is 39.7 Å². The lowest BCUT2D eigenvalue weighted by molar-refractivity contribution is 0.171. The number of rotatable bonds is 4. The molecule has 3 rings (SSSR count). The number of hydrogen-bond donors (Lipinski definition) is 1. The molecule has 0 fully saturated rings. The highest BCUT2D eigenvalue weighted by Gasteiger charge is 2.19. The third kappa shape index (κ3) is 2.93. The van der Waals surface area contributed by atoms with Crippen molar-refractivity contribution in [2.24, 2.45) is 0 Å². The Kier molecular flexibility index (Phi) is 3.92. The minimum Gasteiger partial charge on any atom is -0.493 e. The van der Waals surface area contributed by atoms with Crippen molar-refractivity contribution >= 4 is 21.6 Å². The van der Waals surface area contributed by atoms with Crippen LogP contribution in [0.25, 0.3) is 0 Å². The molecule has 0 aromatic heterocycles. The highest BCUT2D eigenvalue weighted by molar-refractivity contribution is 9.10. The fourth-order valence-corrected chi connectivity index (χ4v) is 2.49. The predicted octanol–water partition coefficient (Wildman–Crippen LogP) is 4.11. The van der Waals surface area contributed by atoms with Crippen molar-refractivity contribution in [3.8, 4) is 17.2 Å². The van der Waals surface area contributed by atoms with E-state index in [0.29, 0.717) is 18.0 Å². The number of hydrogen-bond acceptors (Lipinski definition) is 4. The van der Waals surface area contributed by atoms with Crippen LogP contribution in [0, 0.1) is 6.92 Å². The van der Waals surface area contributed by atoms with Crippen LogP contribution in [0.3, 0.4) is 0 Å². The molecule has 0 spiro atoms. The summed E-state index contributed by atoms with van der Waals surface area (Å²) in [5, 5.41) is 3.40. The fourth-order valence-electron chi connectivity index (χ4n) is 2.24. The Hall–Kier alpha value is -1.88. The van der Waals surface area contributed by atoms with E-state index in [0.717, 1.165) is 21.5 Å². The summed E-state index contributed by atoms with van der Waals surface area (Å²) in [5.74, 6) is 2.12. The Morgan fingerprint density at radius 2 is 2.10 bits per heavy atom. The molecule has 21 heavy (non-hydrogen) atoms. The lowest BCUT2D eigenvalue weighted by Gasteiger charge is -2.11. The standard InChI is InChI=1S/C16H16BrNO3/c1-10-5-12(3-4-13(10)17)18-8-11-6-14(19-2)16-15(7-11)20-9-21-16/h3-7,18H,8-9H2,1-2H3. The van der Waals surface area contributed by atoms with Crippen molar-refractivity contribution in [1.82, 2.24) is 0 Å². The summed E-state index contributed by atoms with van der Waals surface area (Å²) in [5.41, 5.74) is 3.35. The van der Waals surface area contributed by atoms with Crippen LogP contribution in [0.5, 0.6) is 17.2 Å². The molecule has 2 aromatic carbocycles. The molecule has 1 heterocycles. The Morgan fingerprint density at radius 3 is 2.86 bits per heavy atom. The van der Waals surface area contributed by atoms with Gasteiger partial charge in [0, 0.05) is 16.7 Å². The van der Waals surface area contributed by atoms with Gasteiger partial charge in [0.1, 0.15) is 0 Å². The van der Waals surface area contributed by atoms with Gasteiger partial charge >= 0.3 is 0 Å². The maximum atomic E-state index is 5.43. The molecule has 0 saturated carbocycles. The Bertz CT molecular complexity index is 673. The van der Waals surface area contributed by atoms with E-state index < -0.39 is 0 Å². The normalized spacial score (nSPS) is 12.3. The number of benzene rings is 2. The van der Waals surface area contributed by atoms with Gasteiger partial charge in [-0.3, -0.25) is 0 Å². The van der Waals surface area contributed by atoms with Gasteiger partial charge in [-0.2, -0.15) is 0 Å². The molecule has 1 N–H and O–H groups in total. The van der Waals surface area contributed by atoms with E-state index in [1.807, 2.05) is 24.3 Å². The third-order valence-corrected chi connectivity index (χ3v) is 4.26. The number of methoxy groups -OCH3 is 1. The van der Waals surface area contributed by atoms with E-state index in [1.165, 1.54) is 5.56 Å². The minimum absolute atomic E-state index is 0.245. The molecule has 1 aliphatic heterocycles. The van der Waals surface area contributed by atoms with Crippen molar-refractivity contribution in [3.63, 3.8) is 0 Å². The zero-order valence-corrected chi connectivity index (χ0v) is 13.5. The number of anilines is 1. The Balaban J connectivity index is 1.77. The van der Waals surface area contributed by atoms with Crippen molar-refractivity contribution in [1.29, 1.82) is 0 Å². The minimum atomic E-state index is 0.245. The average molecular weight is 350 g/mol. The van der Waals surface area contributed by atoms with Crippen LogP contribution in [-0.4, -0.2) is 13.9 Å². The zero-order valence-electron chi connectivity index (χ0n) is 11.9. The van der Waals surface area contributed by atoms with Crippen LogP contribution in [0.1, 0.15) is 11.1 Å². The van der Waals surface area contributed by atoms with E-state index in [2.05, 4.69) is 34.2 Å². The van der Waals surface area contributed by atoms with Gasteiger partial charge < -0.3 is 19.5 Å². The molecule has 0 saturated heterocycles. The maximum absolute atomic E-state index is 5.43. The highest BCUT2D eigenvalue weighted by Crippen LogP contribution is 2.41. The number of fused-ring (bicyclic) bond motifs is 1. The monoisotopic (exact) mass is 349 g/mol. The van der Waals surface area contributed by atoms with Crippen LogP contribution in [0.15, 0.2) is 34.8 Å². The first-order chi connectivity index (χ1) is 10.2. The van der Waals surface area contributed by atoms with E-state index in [-0.39, 0.29) is 6.79 Å². The smallest absolute Gasteiger partial charge is 0.231 e. The van der Waals surface area contributed by atoms with E-state index >= 15 is 0 Å². The average Bonchev–Trinajstić information content (AvgIpc) is 2.96. The molecule has 0 unspecified atom stereocenters. The Morgan fingerprint density at radius 1 is 1.24 bits per heavy atom. The second-order valence-electron chi connectivity index (χ2n) is 4.85. The predicted molar refractivity (Wildman–Crippen MR) is 85.3 cm³/mol. The summed E-state index contributed by atoms with van der Waals surface area (Å²) in [6.07, 6.45) is 0. The SMILES string of the molecule is COc1cc(CNc2ccc(Br)c(C)c2)cc2c1OCO2. The number of aryl methyl sites for hydroxylation is 1. The number of halogens is 1. The second-order valence-corrected chi connectivity index (χ2v) is 5.70. The van der Waals surface area contributed by atoms with Crippen LogP contribution in [0.4, 0.5) is 5.69 Å². The maximum Gasteiger partial charge on any atom is 0.231 e. The number of nitrogens with one attached hydrogen (secondary N) is 1. The summed E-state index contributed by atoms with van der Waals surface area (Å²) in [6.45, 7) is 3.00. The quantitative estimate of drug-likeness (QED) is 0.901. The van der Waals surface area contributed by atoms with E-state index in [9.17, 15) is 0 Å². The molecule has 0 amide bonds. The first kappa shape index (κ1) is 14.1. The van der Waals surface area contributed by atoms with Crippen molar-refractivity contribution < 1.29 is 14.2 Å². The van der Waals surface area contributed by atoms with E-state index in [1.54, 1.807) is 7.11 Å². The van der Waals surface area contributed by atoms with Crippen LogP contribution in [-0.2, 0) is 6.54 Å². The second kappa shape index (κ2) is 5.85. The van der Waals surface area contributed by atoms with Gasteiger partial charge in [-0.25, -0.2) is 0 Å². The van der Waals surface area contributed by atoms with Gasteiger partial charge in [-0.05, 0) is 48.4 Å². The van der Waals surface area contributed by atoms with Crippen LogP contribution >= 0.6 is 15.9 Å². The molecule has 5 heteroatoms. The van der Waals surface area contributed by atoms with E-state index in [4.69, 9.17) is 14.2 Å². The third-order valence-electron chi connectivity index (χ3n) is 3.37. The Labute approximate surface area is 132 Å². The summed E-state index contributed by atoms with van der Waals surface area (Å²) >= 11 is 3.50. The molecule has 110 valence electrons. The molecule has 2 aromatic rings. The summed E-state index contributed by atoms with van der Waals surface area (Å²) < 4.78 is 17.3. The number of ether oxygens (including phenoxy) is 3. The van der Waals surface area contributed by atoms with Crippen molar-refractivity contribution in [2.75, 3.05) is 19.2 Å². The van der Waals surface area contributed by atoms with Crippen LogP contribution < -0.4 is 19.5 Å². The lowest BCUT2D eigenvalue weighted by atomic mass is 10.1. The van der Waals surface area contributed by atoms with Gasteiger partial charge in [0.25, 0.3) is 0 Å². The van der Waals surface area contributed by atoms with Gasteiger partial charge in [-0.1, -0.05) is 15.9 Å². The zero-order chi connectivity index (χ0) is 14.8. The fraction of sp³-hybridized carbons (Fsp3) is 0.250. The molecule has 4 nitrogen and oxygen atoms in total. The van der Waals surface area contributed by atoms with Gasteiger partial charge in [0.2, 0.25) is 12.5 Å². The summed E-state index contributed by atoms with van der Waals surface area (Å²) in [7, 11) is 1.63. The van der Waals surface area contributed by atoms with Crippen LogP contribution in [0.2, 0.25) is 0 Å². The first-order valence-corrected chi connectivity index (χ1v) is 7.43. The molecule has 0 aliphatic carbocycles. The lowest BCUT2D eigenvalue weighted by Crippen LogP contribution is -2.00. The van der Waals surface area contributed by atoms with Crippen molar-refractivity contribution in [2.45, 2.75) is 13.5 Å². The molecular weight excluding hydrogens is 334 g/mol. The van der Waals surface area contributed by atoms with Gasteiger partial charge in [0.15, 0.2) is 11.5 Å². The van der Waals surface area contributed by atoms with Gasteiger partial charge in [-0.15, -0.1) is 0 Å². The molecule has 0 bridgehead atoms. The summed E-state index contributed by atoms with van der Waals surface area (Å²) in [4.78, 5) is 0. The molecule has 1 aliphatic rings. The van der Waals surface area contributed by atoms with Gasteiger partial charge in [0.05, 0.1) is 7.11 Å².